The maximum Gasteiger partial charge on any atom is 0.0370 e. The first-order chi connectivity index (χ1) is 12.8. The quantitative estimate of drug-likeness (QED) is 0.583. The van der Waals surface area contributed by atoms with E-state index in [1.807, 2.05) is 0 Å². The van der Waals surface area contributed by atoms with E-state index in [1.54, 1.807) is 0 Å². The van der Waals surface area contributed by atoms with Crippen molar-refractivity contribution in [1.29, 1.82) is 0 Å². The average Bonchev–Trinajstić information content (AvgIpc) is 3.10. The van der Waals surface area contributed by atoms with Gasteiger partial charge in [-0.2, -0.15) is 0 Å². The van der Waals surface area contributed by atoms with Crippen LogP contribution < -0.4 is 4.90 Å². The first kappa shape index (κ1) is 19.0. The van der Waals surface area contributed by atoms with Crippen molar-refractivity contribution in [2.45, 2.75) is 52.0 Å². The number of rotatable bonds is 10. The van der Waals surface area contributed by atoms with Crippen molar-refractivity contribution in [3.8, 4) is 0 Å². The van der Waals surface area contributed by atoms with Crippen molar-refractivity contribution in [3.05, 3.63) is 65.7 Å². The van der Waals surface area contributed by atoms with Gasteiger partial charge in [0.15, 0.2) is 0 Å². The molecular formula is C24H34N2. The number of benzene rings is 2. The molecule has 0 aromatic heterocycles. The fourth-order valence-electron chi connectivity index (χ4n) is 4.33. The number of nitrogens with zero attached hydrogens (tertiary/aromatic N) is 2. The Morgan fingerprint density at radius 2 is 1.31 bits per heavy atom. The first-order valence-corrected chi connectivity index (χ1v) is 10.4. The highest BCUT2D eigenvalue weighted by Crippen LogP contribution is 2.29. The molecule has 0 atom stereocenters. The highest BCUT2D eigenvalue weighted by atomic mass is 15.2. The summed E-state index contributed by atoms with van der Waals surface area (Å²) in [5.41, 5.74) is 4.46. The van der Waals surface area contributed by atoms with Gasteiger partial charge in [0.2, 0.25) is 0 Å². The second-order valence-corrected chi connectivity index (χ2v) is 7.55. The molecule has 1 aliphatic rings. The van der Waals surface area contributed by atoms with E-state index in [1.165, 1.54) is 68.6 Å². The second kappa shape index (κ2) is 9.78. The summed E-state index contributed by atoms with van der Waals surface area (Å²) in [6.07, 6.45) is 6.10. The minimum Gasteiger partial charge on any atom is -0.368 e. The molecule has 0 N–H and O–H groups in total. The molecule has 2 aromatic rings. The van der Waals surface area contributed by atoms with Crippen molar-refractivity contribution in [1.82, 2.24) is 4.90 Å². The molecule has 26 heavy (non-hydrogen) atoms. The third-order valence-corrected chi connectivity index (χ3v) is 5.51. The Morgan fingerprint density at radius 1 is 0.731 bits per heavy atom. The summed E-state index contributed by atoms with van der Waals surface area (Å²) in [5.74, 6) is 0. The summed E-state index contributed by atoms with van der Waals surface area (Å²) < 4.78 is 0. The molecule has 2 aromatic carbocycles. The molecular weight excluding hydrogens is 316 g/mol. The van der Waals surface area contributed by atoms with Gasteiger partial charge < -0.3 is 9.80 Å². The number of fused-ring (bicyclic) bond motifs is 1. The topological polar surface area (TPSA) is 6.48 Å². The molecule has 0 saturated heterocycles. The standard InChI is InChI=1S/C24H34N2/c1-3-15-25(16-4-2)17-10-18-26(23-13-6-5-7-14-23)24-19-21-11-8-9-12-22(21)20-24/h5-9,11-14,24H,3-4,10,15-20H2,1-2H3. The van der Waals surface area contributed by atoms with Gasteiger partial charge in [0, 0.05) is 18.3 Å². The molecule has 3 rings (SSSR count). The van der Waals surface area contributed by atoms with Gasteiger partial charge in [-0.15, -0.1) is 0 Å². The predicted octanol–water partition coefficient (Wildman–Crippen LogP) is 5.17. The van der Waals surface area contributed by atoms with E-state index in [2.05, 4.69) is 78.2 Å². The summed E-state index contributed by atoms with van der Waals surface area (Å²) in [6.45, 7) is 9.39. The molecule has 0 heterocycles. The van der Waals surface area contributed by atoms with Crippen LogP contribution in [-0.4, -0.2) is 37.1 Å². The molecule has 1 aliphatic carbocycles. The number of anilines is 1. The smallest absolute Gasteiger partial charge is 0.0370 e. The van der Waals surface area contributed by atoms with Gasteiger partial charge in [-0.25, -0.2) is 0 Å². The van der Waals surface area contributed by atoms with Gasteiger partial charge in [-0.1, -0.05) is 56.3 Å². The fraction of sp³-hybridized carbons (Fsp3) is 0.500. The predicted molar refractivity (Wildman–Crippen MR) is 113 cm³/mol. The van der Waals surface area contributed by atoms with E-state index < -0.39 is 0 Å². The van der Waals surface area contributed by atoms with Crippen molar-refractivity contribution in [2.75, 3.05) is 31.1 Å². The van der Waals surface area contributed by atoms with Gasteiger partial charge in [-0.05, 0) is 75.0 Å². The van der Waals surface area contributed by atoms with Crippen LogP contribution in [0.15, 0.2) is 54.6 Å². The average molecular weight is 351 g/mol. The normalized spacial score (nSPS) is 14.0. The Morgan fingerprint density at radius 3 is 1.88 bits per heavy atom. The largest absolute Gasteiger partial charge is 0.368 e. The lowest BCUT2D eigenvalue weighted by molar-refractivity contribution is 0.271. The van der Waals surface area contributed by atoms with E-state index >= 15 is 0 Å². The third-order valence-electron chi connectivity index (χ3n) is 5.51. The lowest BCUT2D eigenvalue weighted by atomic mass is 10.1. The van der Waals surface area contributed by atoms with E-state index in [0.29, 0.717) is 6.04 Å². The molecule has 2 heteroatoms. The van der Waals surface area contributed by atoms with Crippen LogP contribution in [0.3, 0.4) is 0 Å². The van der Waals surface area contributed by atoms with Crippen LogP contribution in [0, 0.1) is 0 Å². The summed E-state index contributed by atoms with van der Waals surface area (Å²) >= 11 is 0. The Hall–Kier alpha value is -1.80. The van der Waals surface area contributed by atoms with Crippen LogP contribution in [0.1, 0.15) is 44.2 Å². The fourth-order valence-corrected chi connectivity index (χ4v) is 4.33. The van der Waals surface area contributed by atoms with Gasteiger partial charge in [0.25, 0.3) is 0 Å². The molecule has 0 fully saturated rings. The second-order valence-electron chi connectivity index (χ2n) is 7.55. The molecule has 140 valence electrons. The third kappa shape index (κ3) is 4.88. The van der Waals surface area contributed by atoms with Gasteiger partial charge in [0.1, 0.15) is 0 Å². The zero-order chi connectivity index (χ0) is 18.2. The minimum atomic E-state index is 0.598. The van der Waals surface area contributed by atoms with Crippen LogP contribution in [0.2, 0.25) is 0 Å². The van der Waals surface area contributed by atoms with Crippen molar-refractivity contribution >= 4 is 5.69 Å². The SMILES string of the molecule is CCCN(CCC)CCCN(c1ccccc1)C1Cc2ccccc2C1. The zero-order valence-corrected chi connectivity index (χ0v) is 16.5. The molecule has 0 amide bonds. The molecule has 0 saturated carbocycles. The molecule has 2 nitrogen and oxygen atoms in total. The molecule has 0 aliphatic heterocycles. The number of hydrogen-bond donors (Lipinski definition) is 0. The van der Waals surface area contributed by atoms with Crippen molar-refractivity contribution < 1.29 is 0 Å². The summed E-state index contributed by atoms with van der Waals surface area (Å²) in [4.78, 5) is 5.29. The number of para-hydroxylation sites is 1. The molecule has 0 unspecified atom stereocenters. The summed E-state index contributed by atoms with van der Waals surface area (Å²) in [7, 11) is 0. The van der Waals surface area contributed by atoms with Gasteiger partial charge in [0.05, 0.1) is 0 Å². The van der Waals surface area contributed by atoms with E-state index in [4.69, 9.17) is 0 Å². The maximum absolute atomic E-state index is 2.66. The highest BCUT2D eigenvalue weighted by Gasteiger charge is 2.26. The monoisotopic (exact) mass is 350 g/mol. The lowest BCUT2D eigenvalue weighted by Gasteiger charge is -2.32. The van der Waals surface area contributed by atoms with Crippen LogP contribution in [0.4, 0.5) is 5.69 Å². The molecule has 0 radical (unpaired) electrons. The minimum absolute atomic E-state index is 0.598. The van der Waals surface area contributed by atoms with Crippen LogP contribution in [0.5, 0.6) is 0 Å². The Bertz CT molecular complexity index is 621. The van der Waals surface area contributed by atoms with E-state index in [-0.39, 0.29) is 0 Å². The Balaban J connectivity index is 1.65. The van der Waals surface area contributed by atoms with Crippen LogP contribution in [0.25, 0.3) is 0 Å². The molecule has 0 spiro atoms. The lowest BCUT2D eigenvalue weighted by Crippen LogP contribution is -2.38. The van der Waals surface area contributed by atoms with Crippen LogP contribution >= 0.6 is 0 Å². The molecule has 0 bridgehead atoms. The van der Waals surface area contributed by atoms with Crippen LogP contribution in [-0.2, 0) is 12.8 Å². The van der Waals surface area contributed by atoms with E-state index in [0.717, 1.165) is 6.54 Å². The Kier molecular flexibility index (Phi) is 7.13. The van der Waals surface area contributed by atoms with Gasteiger partial charge >= 0.3 is 0 Å². The highest BCUT2D eigenvalue weighted by molar-refractivity contribution is 5.49. The Labute approximate surface area is 159 Å². The number of hydrogen-bond acceptors (Lipinski definition) is 2. The summed E-state index contributed by atoms with van der Waals surface area (Å²) in [5, 5.41) is 0. The zero-order valence-electron chi connectivity index (χ0n) is 16.5. The summed E-state index contributed by atoms with van der Waals surface area (Å²) in [6, 6.07) is 20.6. The van der Waals surface area contributed by atoms with Gasteiger partial charge in [-0.3, -0.25) is 0 Å². The van der Waals surface area contributed by atoms with Crippen molar-refractivity contribution in [3.63, 3.8) is 0 Å². The first-order valence-electron chi connectivity index (χ1n) is 10.4. The maximum atomic E-state index is 2.66. The van der Waals surface area contributed by atoms with E-state index in [9.17, 15) is 0 Å². The van der Waals surface area contributed by atoms with Crippen molar-refractivity contribution in [2.24, 2.45) is 0 Å².